The number of hydrogen-bond donors (Lipinski definition) is 1. The van der Waals surface area contributed by atoms with Gasteiger partial charge in [-0.2, -0.15) is 9.40 Å². The topological polar surface area (TPSA) is 101 Å². The number of carbonyl (C=O) groups excluding carboxylic acids is 2. The summed E-state index contributed by atoms with van der Waals surface area (Å²) in [6.07, 6.45) is 4.54. The Kier molecular flexibility index (Phi) is 5.95. The Hall–Kier alpha value is -2.52. The quantitative estimate of drug-likeness (QED) is 0.778. The van der Waals surface area contributed by atoms with Crippen molar-refractivity contribution in [3.05, 3.63) is 47.8 Å². The molecule has 0 radical (unpaired) electrons. The van der Waals surface area contributed by atoms with Gasteiger partial charge in [-0.1, -0.05) is 12.1 Å². The van der Waals surface area contributed by atoms with E-state index in [0.717, 1.165) is 5.56 Å². The standard InChI is InChI=1S/C19H24N4O4S/c1-14(24)11-15-3-5-18(6-4-15)28(26,27)23-9-7-17(8-10-23)21-19(25)16-12-20-22(2)13-16/h3-6,12-13,17H,7-11H2,1-2H3,(H,21,25). The van der Waals surface area contributed by atoms with E-state index < -0.39 is 10.0 Å². The number of aryl methyl sites for hydroxylation is 1. The minimum Gasteiger partial charge on any atom is -0.349 e. The van der Waals surface area contributed by atoms with Gasteiger partial charge in [0.1, 0.15) is 5.78 Å². The maximum Gasteiger partial charge on any atom is 0.254 e. The zero-order valence-corrected chi connectivity index (χ0v) is 16.8. The fraction of sp³-hybridized carbons (Fsp3) is 0.421. The van der Waals surface area contributed by atoms with Gasteiger partial charge in [-0.3, -0.25) is 14.3 Å². The summed E-state index contributed by atoms with van der Waals surface area (Å²) in [7, 11) is -1.84. The molecule has 1 aromatic heterocycles. The van der Waals surface area contributed by atoms with Crippen molar-refractivity contribution in [3.63, 3.8) is 0 Å². The third-order valence-corrected chi connectivity index (χ3v) is 6.68. The molecule has 0 atom stereocenters. The van der Waals surface area contributed by atoms with Crippen LogP contribution in [0.15, 0.2) is 41.6 Å². The minimum absolute atomic E-state index is 0.0333. The van der Waals surface area contributed by atoms with E-state index in [1.807, 2.05) is 0 Å². The number of aromatic nitrogens is 2. The number of Topliss-reactive ketones (excluding diaryl/α,β-unsaturated/α-hetero) is 1. The Morgan fingerprint density at radius 3 is 2.36 bits per heavy atom. The summed E-state index contributed by atoms with van der Waals surface area (Å²) in [5.74, 6) is -0.165. The number of hydrogen-bond acceptors (Lipinski definition) is 5. The van der Waals surface area contributed by atoms with Crippen molar-refractivity contribution in [3.8, 4) is 0 Å². The Balaban J connectivity index is 1.58. The lowest BCUT2D eigenvalue weighted by molar-refractivity contribution is -0.116. The van der Waals surface area contributed by atoms with Crippen LogP contribution in [0.2, 0.25) is 0 Å². The molecule has 3 rings (SSSR count). The van der Waals surface area contributed by atoms with E-state index in [1.54, 1.807) is 42.2 Å². The van der Waals surface area contributed by atoms with Crippen molar-refractivity contribution >= 4 is 21.7 Å². The lowest BCUT2D eigenvalue weighted by Gasteiger charge is -2.31. The van der Waals surface area contributed by atoms with E-state index in [0.29, 0.717) is 37.9 Å². The molecule has 2 heterocycles. The average molecular weight is 404 g/mol. The van der Waals surface area contributed by atoms with Crippen molar-refractivity contribution in [2.45, 2.75) is 37.1 Å². The number of sulfonamides is 1. The van der Waals surface area contributed by atoms with Gasteiger partial charge in [0.25, 0.3) is 5.91 Å². The zero-order chi connectivity index (χ0) is 20.3. The molecule has 1 aliphatic rings. The maximum absolute atomic E-state index is 12.8. The SMILES string of the molecule is CC(=O)Cc1ccc(S(=O)(=O)N2CCC(NC(=O)c3cnn(C)c3)CC2)cc1. The van der Waals surface area contributed by atoms with Gasteiger partial charge in [-0.15, -0.1) is 0 Å². The van der Waals surface area contributed by atoms with Crippen LogP contribution in [-0.4, -0.2) is 53.3 Å². The number of benzene rings is 1. The first kappa shape index (κ1) is 20.2. The first-order valence-corrected chi connectivity index (χ1v) is 10.6. The van der Waals surface area contributed by atoms with E-state index in [-0.39, 0.29) is 22.6 Å². The number of rotatable bonds is 6. The molecule has 2 aromatic rings. The van der Waals surface area contributed by atoms with Gasteiger partial charge in [-0.05, 0) is 37.5 Å². The first-order chi connectivity index (χ1) is 13.3. The van der Waals surface area contributed by atoms with Crippen molar-refractivity contribution in [1.29, 1.82) is 0 Å². The van der Waals surface area contributed by atoms with E-state index in [1.165, 1.54) is 17.4 Å². The molecular weight excluding hydrogens is 380 g/mol. The van der Waals surface area contributed by atoms with Crippen LogP contribution in [-0.2, 0) is 28.3 Å². The second-order valence-electron chi connectivity index (χ2n) is 7.08. The molecule has 1 amide bonds. The van der Waals surface area contributed by atoms with Gasteiger partial charge in [0.15, 0.2) is 0 Å². The van der Waals surface area contributed by atoms with Crippen LogP contribution in [0.4, 0.5) is 0 Å². The van der Waals surface area contributed by atoms with Gasteiger partial charge in [0, 0.05) is 38.8 Å². The van der Waals surface area contributed by atoms with Crippen LogP contribution < -0.4 is 5.32 Å². The summed E-state index contributed by atoms with van der Waals surface area (Å²) in [5, 5.41) is 6.92. The van der Waals surface area contributed by atoms with E-state index in [4.69, 9.17) is 0 Å². The molecule has 1 fully saturated rings. The maximum atomic E-state index is 12.8. The number of ketones is 1. The summed E-state index contributed by atoms with van der Waals surface area (Å²) < 4.78 is 28.7. The van der Waals surface area contributed by atoms with Crippen LogP contribution in [0.5, 0.6) is 0 Å². The van der Waals surface area contributed by atoms with Gasteiger partial charge in [0.05, 0.1) is 16.7 Å². The fourth-order valence-electron chi connectivity index (χ4n) is 3.26. The van der Waals surface area contributed by atoms with Crippen LogP contribution in [0.25, 0.3) is 0 Å². The Labute approximate surface area is 164 Å². The highest BCUT2D eigenvalue weighted by Gasteiger charge is 2.30. The lowest BCUT2D eigenvalue weighted by atomic mass is 10.1. The number of nitrogens with one attached hydrogen (secondary N) is 1. The Morgan fingerprint density at radius 2 is 1.82 bits per heavy atom. The summed E-state index contributed by atoms with van der Waals surface area (Å²) >= 11 is 0. The molecule has 0 aliphatic carbocycles. The molecule has 1 N–H and O–H groups in total. The van der Waals surface area contributed by atoms with Crippen molar-refractivity contribution in [1.82, 2.24) is 19.4 Å². The van der Waals surface area contributed by atoms with Crippen LogP contribution in [0.1, 0.15) is 35.7 Å². The molecule has 0 unspecified atom stereocenters. The smallest absolute Gasteiger partial charge is 0.254 e. The monoisotopic (exact) mass is 404 g/mol. The van der Waals surface area contributed by atoms with Crippen molar-refractivity contribution < 1.29 is 18.0 Å². The number of piperidine rings is 1. The molecular formula is C19H24N4O4S. The molecule has 9 heteroatoms. The largest absolute Gasteiger partial charge is 0.349 e. The third-order valence-electron chi connectivity index (χ3n) is 4.77. The normalized spacial score (nSPS) is 16.1. The number of amides is 1. The summed E-state index contributed by atoms with van der Waals surface area (Å²) in [4.78, 5) is 23.6. The molecule has 28 heavy (non-hydrogen) atoms. The second kappa shape index (κ2) is 8.24. The first-order valence-electron chi connectivity index (χ1n) is 9.14. The van der Waals surface area contributed by atoms with Crippen LogP contribution >= 0.6 is 0 Å². The average Bonchev–Trinajstić information content (AvgIpc) is 3.09. The summed E-state index contributed by atoms with van der Waals surface area (Å²) in [5.41, 5.74) is 1.28. The van der Waals surface area contributed by atoms with Crippen molar-refractivity contribution in [2.24, 2.45) is 7.05 Å². The molecule has 0 bridgehead atoms. The fourth-order valence-corrected chi connectivity index (χ4v) is 4.73. The molecule has 1 aromatic carbocycles. The highest BCUT2D eigenvalue weighted by atomic mass is 32.2. The molecule has 1 saturated heterocycles. The summed E-state index contributed by atoms with van der Waals surface area (Å²) in [6, 6.07) is 6.37. The third kappa shape index (κ3) is 4.66. The number of nitrogens with zero attached hydrogens (tertiary/aromatic N) is 3. The van der Waals surface area contributed by atoms with Crippen LogP contribution in [0, 0.1) is 0 Å². The van der Waals surface area contributed by atoms with Gasteiger partial charge >= 0.3 is 0 Å². The predicted molar refractivity (Wildman–Crippen MR) is 103 cm³/mol. The van der Waals surface area contributed by atoms with E-state index >= 15 is 0 Å². The Morgan fingerprint density at radius 1 is 1.18 bits per heavy atom. The highest BCUT2D eigenvalue weighted by Crippen LogP contribution is 2.21. The second-order valence-corrected chi connectivity index (χ2v) is 9.02. The minimum atomic E-state index is -3.59. The summed E-state index contributed by atoms with van der Waals surface area (Å²) in [6.45, 7) is 2.19. The predicted octanol–water partition coefficient (Wildman–Crippen LogP) is 1.13. The highest BCUT2D eigenvalue weighted by molar-refractivity contribution is 7.89. The molecule has 1 aliphatic heterocycles. The van der Waals surface area contributed by atoms with E-state index in [9.17, 15) is 18.0 Å². The van der Waals surface area contributed by atoms with Crippen molar-refractivity contribution in [2.75, 3.05) is 13.1 Å². The zero-order valence-electron chi connectivity index (χ0n) is 16.0. The van der Waals surface area contributed by atoms with Gasteiger partial charge in [0.2, 0.25) is 10.0 Å². The molecule has 0 saturated carbocycles. The lowest BCUT2D eigenvalue weighted by Crippen LogP contribution is -2.46. The molecule has 150 valence electrons. The van der Waals surface area contributed by atoms with Crippen LogP contribution in [0.3, 0.4) is 0 Å². The number of carbonyl (C=O) groups is 2. The van der Waals surface area contributed by atoms with Gasteiger partial charge < -0.3 is 5.32 Å². The van der Waals surface area contributed by atoms with Gasteiger partial charge in [-0.25, -0.2) is 8.42 Å². The molecule has 8 nitrogen and oxygen atoms in total. The molecule has 0 spiro atoms. The Bertz CT molecular complexity index is 958. The van der Waals surface area contributed by atoms with E-state index in [2.05, 4.69) is 10.4 Å².